The molecule has 1 aromatic heterocycles. The molecule has 134 valence electrons. The van der Waals surface area contributed by atoms with Crippen LogP contribution in [0, 0.1) is 6.92 Å². The summed E-state index contributed by atoms with van der Waals surface area (Å²) < 4.78 is 5.93. The number of aromatic nitrogens is 2. The number of nitrogens with zero attached hydrogens (tertiary/aromatic N) is 3. The Balaban J connectivity index is 1.64. The van der Waals surface area contributed by atoms with Crippen molar-refractivity contribution >= 4 is 16.7 Å². The molecule has 0 unspecified atom stereocenters. The number of anilines is 1. The molecule has 5 nitrogen and oxygen atoms in total. The van der Waals surface area contributed by atoms with Gasteiger partial charge in [0, 0.05) is 18.0 Å². The van der Waals surface area contributed by atoms with Gasteiger partial charge in [0.25, 0.3) is 0 Å². The van der Waals surface area contributed by atoms with Gasteiger partial charge in [0.1, 0.15) is 24.0 Å². The fraction of sp³-hybridized carbons (Fsp3) is 0.333. The SMILES string of the molecule is Cc1nc(N2CCC[C@H]2CO)c2ccc(OCc3ccccc3)cc2n1. The predicted octanol–water partition coefficient (Wildman–Crippen LogP) is 3.48. The van der Waals surface area contributed by atoms with E-state index in [2.05, 4.69) is 14.9 Å². The lowest BCUT2D eigenvalue weighted by Gasteiger charge is -2.25. The van der Waals surface area contributed by atoms with Crippen LogP contribution in [-0.4, -0.2) is 34.3 Å². The number of rotatable bonds is 5. The Hall–Kier alpha value is -2.66. The molecule has 2 aromatic carbocycles. The van der Waals surface area contributed by atoms with Crippen LogP contribution < -0.4 is 9.64 Å². The molecule has 1 fully saturated rings. The van der Waals surface area contributed by atoms with Crippen LogP contribution in [0.15, 0.2) is 48.5 Å². The molecule has 0 amide bonds. The number of ether oxygens (including phenoxy) is 1. The second-order valence-corrected chi connectivity index (χ2v) is 6.72. The number of aliphatic hydroxyl groups excluding tert-OH is 1. The molecule has 4 rings (SSSR count). The maximum atomic E-state index is 9.66. The molecule has 1 N–H and O–H groups in total. The van der Waals surface area contributed by atoms with Gasteiger partial charge in [0.05, 0.1) is 18.2 Å². The largest absolute Gasteiger partial charge is 0.489 e. The Bertz CT molecular complexity index is 898. The van der Waals surface area contributed by atoms with E-state index in [0.717, 1.165) is 53.2 Å². The monoisotopic (exact) mass is 349 g/mol. The summed E-state index contributed by atoms with van der Waals surface area (Å²) in [7, 11) is 0. The molecule has 1 atom stereocenters. The maximum Gasteiger partial charge on any atom is 0.140 e. The van der Waals surface area contributed by atoms with E-state index >= 15 is 0 Å². The minimum absolute atomic E-state index is 0.140. The zero-order valence-electron chi connectivity index (χ0n) is 14.9. The van der Waals surface area contributed by atoms with Gasteiger partial charge in [0.15, 0.2) is 0 Å². The summed E-state index contributed by atoms with van der Waals surface area (Å²) >= 11 is 0. The van der Waals surface area contributed by atoms with E-state index in [1.807, 2.05) is 55.5 Å². The van der Waals surface area contributed by atoms with Gasteiger partial charge >= 0.3 is 0 Å². The van der Waals surface area contributed by atoms with Gasteiger partial charge in [-0.2, -0.15) is 0 Å². The molecule has 3 aromatic rings. The third kappa shape index (κ3) is 3.35. The van der Waals surface area contributed by atoms with Crippen LogP contribution in [0.25, 0.3) is 10.9 Å². The average Bonchev–Trinajstić information content (AvgIpc) is 3.15. The van der Waals surface area contributed by atoms with Crippen LogP contribution in [0.2, 0.25) is 0 Å². The quantitative estimate of drug-likeness (QED) is 0.764. The summed E-state index contributed by atoms with van der Waals surface area (Å²) in [6.45, 7) is 3.51. The first-order valence-corrected chi connectivity index (χ1v) is 9.07. The topological polar surface area (TPSA) is 58.5 Å². The summed E-state index contributed by atoms with van der Waals surface area (Å²) in [5, 5.41) is 10.7. The van der Waals surface area contributed by atoms with Gasteiger partial charge in [-0.25, -0.2) is 9.97 Å². The Morgan fingerprint density at radius 1 is 1.15 bits per heavy atom. The first kappa shape index (κ1) is 16.8. The molecule has 1 aliphatic heterocycles. The van der Waals surface area contributed by atoms with Crippen molar-refractivity contribution in [3.8, 4) is 5.75 Å². The van der Waals surface area contributed by atoms with E-state index in [0.29, 0.717) is 6.61 Å². The first-order chi connectivity index (χ1) is 12.7. The van der Waals surface area contributed by atoms with Crippen molar-refractivity contribution in [1.82, 2.24) is 9.97 Å². The summed E-state index contributed by atoms with van der Waals surface area (Å²) in [6, 6.07) is 16.2. The molecule has 26 heavy (non-hydrogen) atoms. The number of benzene rings is 2. The molecule has 2 heterocycles. The van der Waals surface area contributed by atoms with Crippen LogP contribution in [0.3, 0.4) is 0 Å². The third-order valence-corrected chi connectivity index (χ3v) is 4.87. The fourth-order valence-electron chi connectivity index (χ4n) is 3.56. The van der Waals surface area contributed by atoms with Gasteiger partial charge in [-0.15, -0.1) is 0 Å². The number of fused-ring (bicyclic) bond motifs is 1. The smallest absolute Gasteiger partial charge is 0.140 e. The molecule has 0 radical (unpaired) electrons. The first-order valence-electron chi connectivity index (χ1n) is 9.07. The van der Waals surface area contributed by atoms with Gasteiger partial charge in [-0.1, -0.05) is 30.3 Å². The van der Waals surface area contributed by atoms with E-state index in [-0.39, 0.29) is 12.6 Å². The predicted molar refractivity (Wildman–Crippen MR) is 103 cm³/mol. The lowest BCUT2D eigenvalue weighted by atomic mass is 10.2. The van der Waals surface area contributed by atoms with Crippen LogP contribution >= 0.6 is 0 Å². The highest BCUT2D eigenvalue weighted by atomic mass is 16.5. The van der Waals surface area contributed by atoms with Crippen molar-refractivity contribution in [1.29, 1.82) is 0 Å². The summed E-state index contributed by atoms with van der Waals surface area (Å²) in [6.07, 6.45) is 2.08. The van der Waals surface area contributed by atoms with E-state index < -0.39 is 0 Å². The molecule has 1 saturated heterocycles. The van der Waals surface area contributed by atoms with Crippen molar-refractivity contribution in [3.05, 3.63) is 59.9 Å². The standard InChI is InChI=1S/C21H23N3O2/c1-15-22-20-12-18(26-14-16-6-3-2-4-7-16)9-10-19(20)21(23-15)24-11-5-8-17(24)13-25/h2-4,6-7,9-10,12,17,25H,5,8,11,13-14H2,1H3/t17-/m0/s1. The summed E-state index contributed by atoms with van der Waals surface area (Å²) in [4.78, 5) is 11.5. The Labute approximate surface area is 153 Å². The van der Waals surface area contributed by atoms with Gasteiger partial charge in [-0.3, -0.25) is 0 Å². The van der Waals surface area contributed by atoms with Crippen molar-refractivity contribution < 1.29 is 9.84 Å². The van der Waals surface area contributed by atoms with Crippen molar-refractivity contribution in [2.45, 2.75) is 32.4 Å². The fourth-order valence-corrected chi connectivity index (χ4v) is 3.56. The Kier molecular flexibility index (Phi) is 4.71. The second kappa shape index (κ2) is 7.30. The van der Waals surface area contributed by atoms with Crippen molar-refractivity contribution in [2.24, 2.45) is 0 Å². The van der Waals surface area contributed by atoms with Gasteiger partial charge in [-0.05, 0) is 37.5 Å². The van der Waals surface area contributed by atoms with Gasteiger partial charge < -0.3 is 14.7 Å². The Morgan fingerprint density at radius 3 is 2.81 bits per heavy atom. The van der Waals surface area contributed by atoms with Crippen LogP contribution in [-0.2, 0) is 6.61 Å². The minimum atomic E-state index is 0.140. The lowest BCUT2D eigenvalue weighted by molar-refractivity contribution is 0.266. The van der Waals surface area contributed by atoms with E-state index in [4.69, 9.17) is 4.74 Å². The van der Waals surface area contributed by atoms with Crippen LogP contribution in [0.5, 0.6) is 5.75 Å². The highest BCUT2D eigenvalue weighted by Crippen LogP contribution is 2.31. The zero-order valence-corrected chi connectivity index (χ0v) is 14.9. The third-order valence-electron chi connectivity index (χ3n) is 4.87. The van der Waals surface area contributed by atoms with Crippen molar-refractivity contribution in [3.63, 3.8) is 0 Å². The number of hydrogen-bond acceptors (Lipinski definition) is 5. The molecule has 0 aliphatic carbocycles. The van der Waals surface area contributed by atoms with Crippen molar-refractivity contribution in [2.75, 3.05) is 18.1 Å². The van der Waals surface area contributed by atoms with E-state index in [1.165, 1.54) is 0 Å². The summed E-state index contributed by atoms with van der Waals surface area (Å²) in [5.74, 6) is 2.44. The van der Waals surface area contributed by atoms with Crippen LogP contribution in [0.4, 0.5) is 5.82 Å². The maximum absolute atomic E-state index is 9.66. The molecule has 5 heteroatoms. The number of aryl methyl sites for hydroxylation is 1. The van der Waals surface area contributed by atoms with Crippen LogP contribution in [0.1, 0.15) is 24.2 Å². The van der Waals surface area contributed by atoms with E-state index in [1.54, 1.807) is 0 Å². The highest BCUT2D eigenvalue weighted by Gasteiger charge is 2.26. The number of aliphatic hydroxyl groups is 1. The molecule has 0 saturated carbocycles. The molecule has 0 spiro atoms. The normalized spacial score (nSPS) is 17.0. The summed E-state index contributed by atoms with van der Waals surface area (Å²) in [5.41, 5.74) is 2.01. The lowest BCUT2D eigenvalue weighted by Crippen LogP contribution is -2.33. The Morgan fingerprint density at radius 2 is 2.00 bits per heavy atom. The molecular weight excluding hydrogens is 326 g/mol. The number of hydrogen-bond donors (Lipinski definition) is 1. The molecule has 1 aliphatic rings. The highest BCUT2D eigenvalue weighted by molar-refractivity contribution is 5.90. The average molecular weight is 349 g/mol. The molecule has 0 bridgehead atoms. The molecular formula is C21H23N3O2. The van der Waals surface area contributed by atoms with Gasteiger partial charge in [0.2, 0.25) is 0 Å². The second-order valence-electron chi connectivity index (χ2n) is 6.72. The zero-order chi connectivity index (χ0) is 17.9. The minimum Gasteiger partial charge on any atom is -0.489 e. The van der Waals surface area contributed by atoms with E-state index in [9.17, 15) is 5.11 Å².